The molecule has 1 atom stereocenters. The fourth-order valence-corrected chi connectivity index (χ4v) is 4.21. The van der Waals surface area contributed by atoms with Crippen LogP contribution in [0.15, 0.2) is 29.3 Å². The van der Waals surface area contributed by atoms with Gasteiger partial charge in [0, 0.05) is 23.4 Å². The van der Waals surface area contributed by atoms with Gasteiger partial charge in [-0.05, 0) is 6.07 Å². The summed E-state index contributed by atoms with van der Waals surface area (Å²) in [5.74, 6) is 0.273. The highest BCUT2D eigenvalue weighted by molar-refractivity contribution is 8.39. The summed E-state index contributed by atoms with van der Waals surface area (Å²) >= 11 is 20.4. The smallest absolute Gasteiger partial charge is 0.270 e. The molecule has 2 rings (SSSR count). The third kappa shape index (κ3) is 5.42. The third-order valence-electron chi connectivity index (χ3n) is 2.66. The molecule has 1 aromatic rings. The zero-order valence-electron chi connectivity index (χ0n) is 11.4. The van der Waals surface area contributed by atoms with Crippen LogP contribution in [0.5, 0.6) is 0 Å². The van der Waals surface area contributed by atoms with E-state index in [0.29, 0.717) is 6.54 Å². The monoisotopic (exact) mass is 413 g/mol. The average molecular weight is 415 g/mol. The minimum absolute atomic E-state index is 0.111. The Labute approximate surface area is 155 Å². The molecule has 1 unspecified atom stereocenters. The second-order valence-corrected chi connectivity index (χ2v) is 9.12. The Kier molecular flexibility index (Phi) is 6.44. The number of nitrogens with zero attached hydrogens (tertiary/aromatic N) is 2. The summed E-state index contributed by atoms with van der Waals surface area (Å²) in [5.41, 5.74) is -0.0773. The van der Waals surface area contributed by atoms with Crippen molar-refractivity contribution in [1.82, 2.24) is 5.32 Å². The molecule has 1 aliphatic rings. The fourth-order valence-electron chi connectivity index (χ4n) is 1.63. The van der Waals surface area contributed by atoms with E-state index in [2.05, 4.69) is 10.3 Å². The van der Waals surface area contributed by atoms with E-state index in [1.165, 1.54) is 30.0 Å². The molecule has 6 nitrogen and oxygen atoms in total. The van der Waals surface area contributed by atoms with Crippen LogP contribution in [0.25, 0.3) is 0 Å². The molecule has 0 spiro atoms. The van der Waals surface area contributed by atoms with E-state index in [9.17, 15) is 14.9 Å². The van der Waals surface area contributed by atoms with E-state index in [1.807, 2.05) is 0 Å². The second-order valence-electron chi connectivity index (χ2n) is 4.32. The number of nitrogens with one attached hydrogen (secondary N) is 1. The third-order valence-corrected chi connectivity index (χ3v) is 6.14. The van der Waals surface area contributed by atoms with Crippen molar-refractivity contribution < 1.29 is 9.72 Å². The van der Waals surface area contributed by atoms with Gasteiger partial charge in [0.1, 0.15) is 9.75 Å². The summed E-state index contributed by atoms with van der Waals surface area (Å²) in [7, 11) is 0. The molecule has 1 aromatic carbocycles. The van der Waals surface area contributed by atoms with Crippen molar-refractivity contribution in [2.24, 2.45) is 4.99 Å². The van der Waals surface area contributed by atoms with Crippen molar-refractivity contribution in [2.45, 2.75) is 9.17 Å². The molecule has 0 bridgehead atoms. The number of hydrogen-bond donors (Lipinski definition) is 1. The largest absolute Gasteiger partial charge is 0.336 e. The predicted octanol–water partition coefficient (Wildman–Crippen LogP) is 3.86. The number of nitro benzene ring substituents is 1. The summed E-state index contributed by atoms with van der Waals surface area (Å²) in [6.07, 6.45) is 0. The molecule has 0 aromatic heterocycles. The molecule has 11 heteroatoms. The van der Waals surface area contributed by atoms with E-state index in [-0.39, 0.29) is 11.3 Å². The maximum Gasteiger partial charge on any atom is 0.270 e. The first-order chi connectivity index (χ1) is 10.8. The van der Waals surface area contributed by atoms with Crippen LogP contribution in [0.1, 0.15) is 10.4 Å². The number of non-ortho nitro benzene ring substituents is 1. The van der Waals surface area contributed by atoms with Crippen molar-refractivity contribution in [1.29, 1.82) is 0 Å². The highest BCUT2D eigenvalue weighted by Gasteiger charge is 2.36. The summed E-state index contributed by atoms with van der Waals surface area (Å²) in [5, 5.41) is 12.5. The lowest BCUT2D eigenvalue weighted by Crippen LogP contribution is -2.41. The van der Waals surface area contributed by atoms with E-state index in [4.69, 9.17) is 34.8 Å². The Balaban J connectivity index is 2.13. The maximum atomic E-state index is 12.3. The molecule has 1 aliphatic heterocycles. The van der Waals surface area contributed by atoms with Crippen LogP contribution in [0.4, 0.5) is 5.69 Å². The first-order valence-corrected chi connectivity index (χ1v) is 9.23. The van der Waals surface area contributed by atoms with E-state index < -0.39 is 20.0 Å². The van der Waals surface area contributed by atoms with E-state index >= 15 is 0 Å². The molecule has 0 fully saturated rings. The van der Waals surface area contributed by atoms with Crippen LogP contribution in [0.2, 0.25) is 0 Å². The zero-order valence-corrected chi connectivity index (χ0v) is 15.3. The number of thioether (sulfide) groups is 2. The van der Waals surface area contributed by atoms with Crippen molar-refractivity contribution >= 4 is 74.3 Å². The van der Waals surface area contributed by atoms with Crippen LogP contribution in [-0.2, 0) is 0 Å². The van der Waals surface area contributed by atoms with Gasteiger partial charge in [0.25, 0.3) is 11.6 Å². The number of amides is 1. The SMILES string of the molecule is O=C(NC(SC1=NCCS1)C(Cl)(Cl)Cl)c1cccc([N+](=O)[O-])c1. The normalized spacial score (nSPS) is 15.9. The molecular formula is C12H10Cl3N3O3S2. The Morgan fingerprint density at radius 1 is 1.48 bits per heavy atom. The Morgan fingerprint density at radius 2 is 2.22 bits per heavy atom. The molecule has 0 saturated heterocycles. The van der Waals surface area contributed by atoms with E-state index in [1.54, 1.807) is 0 Å². The summed E-state index contributed by atoms with van der Waals surface area (Å²) < 4.78 is -1.03. The van der Waals surface area contributed by atoms with Crippen molar-refractivity contribution in [3.05, 3.63) is 39.9 Å². The summed E-state index contributed by atoms with van der Waals surface area (Å²) in [4.78, 5) is 26.7. The molecule has 1 amide bonds. The number of nitro groups is 1. The zero-order chi connectivity index (χ0) is 17.0. The Hall–Kier alpha value is -0.670. The number of alkyl halides is 3. The first-order valence-electron chi connectivity index (χ1n) is 6.23. The summed E-state index contributed by atoms with van der Waals surface area (Å²) in [6, 6.07) is 5.32. The Morgan fingerprint density at radius 3 is 2.78 bits per heavy atom. The molecule has 0 radical (unpaired) electrons. The van der Waals surface area contributed by atoms with Gasteiger partial charge in [-0.25, -0.2) is 0 Å². The lowest BCUT2D eigenvalue weighted by Gasteiger charge is -2.24. The highest BCUT2D eigenvalue weighted by atomic mass is 35.6. The second kappa shape index (κ2) is 7.94. The van der Waals surface area contributed by atoms with Crippen LogP contribution in [-0.4, -0.2) is 36.7 Å². The van der Waals surface area contributed by atoms with Gasteiger partial charge in [-0.3, -0.25) is 19.9 Å². The van der Waals surface area contributed by atoms with Crippen molar-refractivity contribution in [2.75, 3.05) is 12.3 Å². The molecule has 0 saturated carbocycles. The molecular weight excluding hydrogens is 405 g/mol. The number of halogens is 3. The lowest BCUT2D eigenvalue weighted by atomic mass is 10.2. The molecule has 0 aliphatic carbocycles. The van der Waals surface area contributed by atoms with Gasteiger partial charge in [-0.2, -0.15) is 0 Å². The van der Waals surface area contributed by atoms with Gasteiger partial charge in [0.2, 0.25) is 3.79 Å². The summed E-state index contributed by atoms with van der Waals surface area (Å²) in [6.45, 7) is 0.679. The van der Waals surface area contributed by atoms with Crippen molar-refractivity contribution in [3.63, 3.8) is 0 Å². The number of benzene rings is 1. The van der Waals surface area contributed by atoms with Gasteiger partial charge in [-0.15, -0.1) is 0 Å². The Bertz CT molecular complexity index is 652. The molecule has 1 N–H and O–H groups in total. The quantitative estimate of drug-likeness (QED) is 0.350. The van der Waals surface area contributed by atoms with Gasteiger partial charge in [-0.1, -0.05) is 64.4 Å². The molecule has 23 heavy (non-hydrogen) atoms. The number of carbonyl (C=O) groups excluding carboxylic acids is 1. The first kappa shape index (κ1) is 18.7. The average Bonchev–Trinajstić information content (AvgIpc) is 2.98. The minimum atomic E-state index is -1.76. The van der Waals surface area contributed by atoms with Crippen LogP contribution in [0, 0.1) is 10.1 Å². The lowest BCUT2D eigenvalue weighted by molar-refractivity contribution is -0.384. The minimum Gasteiger partial charge on any atom is -0.336 e. The standard InChI is InChI=1S/C12H10Cl3N3O3S2/c13-12(14,15)10(23-11-16-4-5-22-11)17-9(19)7-2-1-3-8(6-7)18(20)21/h1-3,6,10H,4-5H2,(H,17,19). The molecule has 124 valence electrons. The molecule has 1 heterocycles. The number of carbonyl (C=O) groups is 1. The number of rotatable bonds is 4. The number of hydrogen-bond acceptors (Lipinski definition) is 6. The highest BCUT2D eigenvalue weighted by Crippen LogP contribution is 2.39. The fraction of sp³-hybridized carbons (Fsp3) is 0.333. The van der Waals surface area contributed by atoms with Gasteiger partial charge in [0.15, 0.2) is 0 Å². The van der Waals surface area contributed by atoms with Gasteiger partial charge < -0.3 is 5.32 Å². The van der Waals surface area contributed by atoms with Crippen LogP contribution in [0.3, 0.4) is 0 Å². The van der Waals surface area contributed by atoms with Crippen molar-refractivity contribution in [3.8, 4) is 0 Å². The maximum absolute atomic E-state index is 12.3. The topological polar surface area (TPSA) is 84.6 Å². The van der Waals surface area contributed by atoms with Crippen LogP contribution < -0.4 is 5.32 Å². The van der Waals surface area contributed by atoms with Crippen LogP contribution >= 0.6 is 58.3 Å². The van der Waals surface area contributed by atoms with E-state index in [0.717, 1.165) is 28.0 Å². The number of aliphatic imine (C=N–C) groups is 1. The van der Waals surface area contributed by atoms with Gasteiger partial charge in [0.05, 0.1) is 11.5 Å². The van der Waals surface area contributed by atoms with Gasteiger partial charge >= 0.3 is 0 Å². The predicted molar refractivity (Wildman–Crippen MR) is 97.0 cm³/mol.